The van der Waals surface area contributed by atoms with Crippen LogP contribution in [0.15, 0.2) is 48.8 Å². The number of rotatable bonds is 4. The quantitative estimate of drug-likeness (QED) is 0.899. The highest BCUT2D eigenvalue weighted by molar-refractivity contribution is 5.19. The van der Waals surface area contributed by atoms with E-state index >= 15 is 0 Å². The van der Waals surface area contributed by atoms with Crippen molar-refractivity contribution in [2.45, 2.75) is 18.8 Å². The second kappa shape index (κ2) is 5.48. The maximum absolute atomic E-state index is 13.0. The summed E-state index contributed by atoms with van der Waals surface area (Å²) in [6.45, 7) is 0.180. The Bertz CT molecular complexity index is 517. The Morgan fingerprint density at radius 2 is 1.84 bits per heavy atom. The van der Waals surface area contributed by atoms with E-state index in [0.717, 1.165) is 5.56 Å². The van der Waals surface area contributed by atoms with Gasteiger partial charge in [-0.1, -0.05) is 30.3 Å². The molecule has 2 aromatic rings. The van der Waals surface area contributed by atoms with Crippen molar-refractivity contribution in [1.82, 2.24) is 9.88 Å². The zero-order chi connectivity index (χ0) is 13.9. The van der Waals surface area contributed by atoms with Gasteiger partial charge in [0, 0.05) is 26.0 Å². The van der Waals surface area contributed by atoms with Crippen LogP contribution in [0.1, 0.15) is 17.2 Å². The van der Waals surface area contributed by atoms with E-state index in [2.05, 4.69) is 5.32 Å². The molecule has 0 bridgehead atoms. The van der Waals surface area contributed by atoms with E-state index in [1.807, 2.05) is 18.2 Å². The van der Waals surface area contributed by atoms with Gasteiger partial charge in [-0.2, -0.15) is 13.2 Å². The van der Waals surface area contributed by atoms with Crippen LogP contribution in [0.25, 0.3) is 0 Å². The maximum atomic E-state index is 13.0. The lowest BCUT2D eigenvalue weighted by atomic mass is 10.1. The third-order valence-electron chi connectivity index (χ3n) is 2.87. The molecule has 2 rings (SSSR count). The molecule has 0 saturated heterocycles. The highest BCUT2D eigenvalue weighted by Crippen LogP contribution is 2.32. The van der Waals surface area contributed by atoms with Crippen molar-refractivity contribution in [2.75, 3.05) is 0 Å². The molecular weight excluding hydrogens is 253 g/mol. The molecule has 2 nitrogen and oxygen atoms in total. The van der Waals surface area contributed by atoms with Gasteiger partial charge in [0.15, 0.2) is 0 Å². The van der Waals surface area contributed by atoms with Crippen LogP contribution in [0, 0.1) is 0 Å². The largest absolute Gasteiger partial charge is 0.407 e. The van der Waals surface area contributed by atoms with E-state index < -0.39 is 12.2 Å². The molecule has 1 N–H and O–H groups in total. The first-order valence-corrected chi connectivity index (χ1v) is 5.93. The summed E-state index contributed by atoms with van der Waals surface area (Å²) in [7, 11) is 1.70. The topological polar surface area (TPSA) is 17.0 Å². The highest BCUT2D eigenvalue weighted by atomic mass is 19.4. The number of aryl methyl sites for hydroxylation is 1. The van der Waals surface area contributed by atoms with Gasteiger partial charge in [-0.25, -0.2) is 0 Å². The molecule has 0 amide bonds. The molecule has 0 aliphatic carbocycles. The molecule has 0 saturated carbocycles. The molecular formula is C14H15F3N2. The number of nitrogens with one attached hydrogen (secondary N) is 1. The van der Waals surface area contributed by atoms with E-state index in [9.17, 15) is 13.2 Å². The SMILES string of the molecule is Cn1ccc(C(NCc2ccccc2)C(F)(F)F)c1. The van der Waals surface area contributed by atoms with Gasteiger partial charge in [0.2, 0.25) is 0 Å². The molecule has 0 spiro atoms. The molecule has 0 aliphatic heterocycles. The van der Waals surface area contributed by atoms with Gasteiger partial charge >= 0.3 is 6.18 Å². The van der Waals surface area contributed by atoms with Gasteiger partial charge < -0.3 is 4.57 Å². The minimum absolute atomic E-state index is 0.180. The smallest absolute Gasteiger partial charge is 0.357 e. The molecule has 1 aromatic heterocycles. The Morgan fingerprint density at radius 3 is 2.37 bits per heavy atom. The van der Waals surface area contributed by atoms with Crippen molar-refractivity contribution in [1.29, 1.82) is 0 Å². The van der Waals surface area contributed by atoms with Crippen molar-refractivity contribution in [2.24, 2.45) is 7.05 Å². The van der Waals surface area contributed by atoms with Gasteiger partial charge in [-0.3, -0.25) is 5.32 Å². The number of hydrogen-bond acceptors (Lipinski definition) is 1. The standard InChI is InChI=1S/C14H15F3N2/c1-19-8-7-12(10-19)13(14(15,16)17)18-9-11-5-3-2-4-6-11/h2-8,10,13,18H,9H2,1H3. The number of benzene rings is 1. The Labute approximate surface area is 109 Å². The van der Waals surface area contributed by atoms with Crippen molar-refractivity contribution in [3.05, 3.63) is 59.9 Å². The van der Waals surface area contributed by atoms with E-state index in [-0.39, 0.29) is 12.1 Å². The highest BCUT2D eigenvalue weighted by Gasteiger charge is 2.40. The van der Waals surface area contributed by atoms with Gasteiger partial charge in [-0.05, 0) is 17.2 Å². The van der Waals surface area contributed by atoms with Crippen LogP contribution in [0.4, 0.5) is 13.2 Å². The van der Waals surface area contributed by atoms with E-state index in [4.69, 9.17) is 0 Å². The molecule has 5 heteroatoms. The van der Waals surface area contributed by atoms with Gasteiger partial charge in [-0.15, -0.1) is 0 Å². The molecule has 0 aliphatic rings. The third-order valence-corrected chi connectivity index (χ3v) is 2.87. The lowest BCUT2D eigenvalue weighted by molar-refractivity contribution is -0.158. The number of aromatic nitrogens is 1. The van der Waals surface area contributed by atoms with Gasteiger partial charge in [0.05, 0.1) is 0 Å². The maximum Gasteiger partial charge on any atom is 0.407 e. The van der Waals surface area contributed by atoms with Crippen LogP contribution in [0.2, 0.25) is 0 Å². The molecule has 0 fully saturated rings. The Balaban J connectivity index is 2.12. The predicted octanol–water partition coefficient (Wildman–Crippen LogP) is 3.42. The van der Waals surface area contributed by atoms with Crippen molar-refractivity contribution >= 4 is 0 Å². The normalized spacial score (nSPS) is 13.5. The van der Waals surface area contributed by atoms with E-state index in [1.54, 1.807) is 29.9 Å². The minimum atomic E-state index is -4.31. The van der Waals surface area contributed by atoms with Crippen LogP contribution in [0.5, 0.6) is 0 Å². The molecule has 0 radical (unpaired) electrons. The third kappa shape index (κ3) is 3.61. The summed E-state index contributed by atoms with van der Waals surface area (Å²) in [5.41, 5.74) is 1.05. The Kier molecular flexibility index (Phi) is 3.95. The van der Waals surface area contributed by atoms with Gasteiger partial charge in [0.25, 0.3) is 0 Å². The van der Waals surface area contributed by atoms with Crippen LogP contribution >= 0.6 is 0 Å². The second-order valence-corrected chi connectivity index (χ2v) is 4.45. The molecule has 1 unspecified atom stereocenters. The van der Waals surface area contributed by atoms with Crippen LogP contribution in [-0.2, 0) is 13.6 Å². The lowest BCUT2D eigenvalue weighted by Gasteiger charge is -2.21. The lowest BCUT2D eigenvalue weighted by Crippen LogP contribution is -2.33. The number of hydrogen-bond donors (Lipinski definition) is 1. The minimum Gasteiger partial charge on any atom is -0.357 e. The molecule has 1 heterocycles. The molecule has 1 aromatic carbocycles. The zero-order valence-electron chi connectivity index (χ0n) is 10.5. The molecule has 1 atom stereocenters. The number of alkyl halides is 3. The summed E-state index contributed by atoms with van der Waals surface area (Å²) in [6.07, 6.45) is -1.22. The first kappa shape index (κ1) is 13.7. The van der Waals surface area contributed by atoms with Gasteiger partial charge in [0.1, 0.15) is 6.04 Å². The summed E-state index contributed by atoms with van der Waals surface area (Å²) in [5.74, 6) is 0. The zero-order valence-corrected chi connectivity index (χ0v) is 10.5. The van der Waals surface area contributed by atoms with Crippen molar-refractivity contribution in [3.8, 4) is 0 Å². The number of halogens is 3. The Morgan fingerprint density at radius 1 is 1.16 bits per heavy atom. The predicted molar refractivity (Wildman–Crippen MR) is 67.5 cm³/mol. The summed E-state index contributed by atoms with van der Waals surface area (Å²) in [4.78, 5) is 0. The summed E-state index contributed by atoms with van der Waals surface area (Å²) in [5, 5.41) is 2.57. The van der Waals surface area contributed by atoms with Crippen molar-refractivity contribution in [3.63, 3.8) is 0 Å². The molecule has 19 heavy (non-hydrogen) atoms. The fourth-order valence-electron chi connectivity index (χ4n) is 1.93. The monoisotopic (exact) mass is 268 g/mol. The second-order valence-electron chi connectivity index (χ2n) is 4.45. The average molecular weight is 268 g/mol. The summed E-state index contributed by atoms with van der Waals surface area (Å²) >= 11 is 0. The average Bonchev–Trinajstić information content (AvgIpc) is 2.75. The van der Waals surface area contributed by atoms with Crippen molar-refractivity contribution < 1.29 is 13.2 Å². The molecule has 102 valence electrons. The fraction of sp³-hybridized carbons (Fsp3) is 0.286. The van der Waals surface area contributed by atoms with E-state index in [1.165, 1.54) is 12.3 Å². The van der Waals surface area contributed by atoms with E-state index in [0.29, 0.717) is 0 Å². The summed E-state index contributed by atoms with van der Waals surface area (Å²) in [6, 6.07) is 8.88. The van der Waals surface area contributed by atoms with Crippen LogP contribution in [0.3, 0.4) is 0 Å². The number of nitrogens with zero attached hydrogens (tertiary/aromatic N) is 1. The fourth-order valence-corrected chi connectivity index (χ4v) is 1.93. The Hall–Kier alpha value is -1.75. The van der Waals surface area contributed by atoms with Crippen LogP contribution in [-0.4, -0.2) is 10.7 Å². The summed E-state index contributed by atoms with van der Waals surface area (Å²) < 4.78 is 40.7. The first-order valence-electron chi connectivity index (χ1n) is 5.93. The van der Waals surface area contributed by atoms with Crippen LogP contribution < -0.4 is 5.32 Å². The first-order chi connectivity index (χ1) is 8.97.